The molecule has 92 valence electrons. The number of benzene rings is 1. The third kappa shape index (κ3) is 2.78. The minimum atomic E-state index is -3.08. The molecule has 0 saturated heterocycles. The van der Waals surface area contributed by atoms with E-state index in [-0.39, 0.29) is 0 Å². The summed E-state index contributed by atoms with van der Waals surface area (Å²) in [4.78, 5) is 0.394. The Morgan fingerprint density at radius 3 is 2.35 bits per heavy atom. The van der Waals surface area contributed by atoms with Crippen LogP contribution in [0.4, 0.5) is 0 Å². The third-order valence-electron chi connectivity index (χ3n) is 3.35. The van der Waals surface area contributed by atoms with Crippen LogP contribution in [0, 0.1) is 5.92 Å². The molecule has 1 aliphatic carbocycles. The Kier molecular flexibility index (Phi) is 3.38. The lowest BCUT2D eigenvalue weighted by molar-refractivity contribution is 0.600. The molecule has 0 amide bonds. The smallest absolute Gasteiger partial charge is 0.175 e. The van der Waals surface area contributed by atoms with Crippen molar-refractivity contribution in [3.63, 3.8) is 0 Å². The van der Waals surface area contributed by atoms with Gasteiger partial charge in [-0.05, 0) is 48.4 Å². The molecule has 0 spiro atoms. The molecular weight excluding hydrogens is 232 g/mol. The first-order chi connectivity index (χ1) is 7.98. The van der Waals surface area contributed by atoms with Crippen molar-refractivity contribution in [3.05, 3.63) is 35.9 Å². The Morgan fingerprint density at radius 2 is 1.82 bits per heavy atom. The molecule has 3 heteroatoms. The number of rotatable bonds is 2. The molecule has 0 aromatic heterocycles. The van der Waals surface area contributed by atoms with Gasteiger partial charge in [0.25, 0.3) is 0 Å². The van der Waals surface area contributed by atoms with Gasteiger partial charge in [0.2, 0.25) is 0 Å². The topological polar surface area (TPSA) is 34.1 Å². The van der Waals surface area contributed by atoms with Gasteiger partial charge >= 0.3 is 0 Å². The fraction of sp³-hybridized carbons (Fsp3) is 0.429. The molecule has 1 atom stereocenters. The fourth-order valence-corrected chi connectivity index (χ4v) is 2.97. The molecule has 1 aromatic carbocycles. The van der Waals surface area contributed by atoms with Crippen molar-refractivity contribution in [1.82, 2.24) is 0 Å². The average Bonchev–Trinajstić information content (AvgIpc) is 2.29. The van der Waals surface area contributed by atoms with Gasteiger partial charge in [-0.25, -0.2) is 8.42 Å². The largest absolute Gasteiger partial charge is 0.224 e. The molecule has 0 radical (unpaired) electrons. The van der Waals surface area contributed by atoms with E-state index in [4.69, 9.17) is 0 Å². The van der Waals surface area contributed by atoms with Crippen molar-refractivity contribution in [2.45, 2.75) is 31.1 Å². The van der Waals surface area contributed by atoms with E-state index in [1.165, 1.54) is 24.7 Å². The summed E-state index contributed by atoms with van der Waals surface area (Å²) in [5, 5.41) is 0. The minimum absolute atomic E-state index is 0.394. The molecule has 0 N–H and O–H groups in total. The molecular formula is C14H18O2S. The molecule has 17 heavy (non-hydrogen) atoms. The first kappa shape index (κ1) is 12.4. The van der Waals surface area contributed by atoms with E-state index in [1.807, 2.05) is 12.1 Å². The van der Waals surface area contributed by atoms with Crippen LogP contribution in [-0.4, -0.2) is 14.7 Å². The van der Waals surface area contributed by atoms with Crippen LogP contribution in [0.2, 0.25) is 0 Å². The van der Waals surface area contributed by atoms with Crippen LogP contribution in [0.5, 0.6) is 0 Å². The Balaban J connectivity index is 2.33. The highest BCUT2D eigenvalue weighted by Gasteiger charge is 2.15. The van der Waals surface area contributed by atoms with Crippen LogP contribution in [0.25, 0.3) is 5.57 Å². The summed E-state index contributed by atoms with van der Waals surface area (Å²) in [7, 11) is -3.08. The highest BCUT2D eigenvalue weighted by molar-refractivity contribution is 7.90. The van der Waals surface area contributed by atoms with Crippen LogP contribution in [0.15, 0.2) is 35.2 Å². The van der Waals surface area contributed by atoms with Crippen molar-refractivity contribution in [1.29, 1.82) is 0 Å². The van der Waals surface area contributed by atoms with Gasteiger partial charge in [0.1, 0.15) is 0 Å². The molecule has 0 saturated carbocycles. The standard InChI is InChI=1S/C14H18O2S/c1-11-5-3-4-6-14(11)12-7-9-13(10-8-12)17(2,15)16/h6-11H,3-5H2,1-2H3. The van der Waals surface area contributed by atoms with Crippen molar-refractivity contribution in [2.75, 3.05) is 6.26 Å². The fourth-order valence-electron chi connectivity index (χ4n) is 2.34. The monoisotopic (exact) mass is 250 g/mol. The van der Waals surface area contributed by atoms with Crippen molar-refractivity contribution < 1.29 is 8.42 Å². The second-order valence-corrected chi connectivity index (χ2v) is 6.80. The summed E-state index contributed by atoms with van der Waals surface area (Å²) in [6.45, 7) is 2.23. The summed E-state index contributed by atoms with van der Waals surface area (Å²) in [5.41, 5.74) is 2.51. The highest BCUT2D eigenvalue weighted by atomic mass is 32.2. The Hall–Kier alpha value is -1.09. The SMILES string of the molecule is CC1CCCC=C1c1ccc(S(C)(=O)=O)cc1. The first-order valence-corrected chi connectivity index (χ1v) is 7.88. The molecule has 2 nitrogen and oxygen atoms in total. The number of allylic oxidation sites excluding steroid dienone is 2. The zero-order chi connectivity index (χ0) is 12.5. The molecule has 0 bridgehead atoms. The summed E-state index contributed by atoms with van der Waals surface area (Å²) in [6, 6.07) is 7.24. The lowest BCUT2D eigenvalue weighted by Crippen LogP contribution is -2.04. The number of sulfone groups is 1. The van der Waals surface area contributed by atoms with E-state index < -0.39 is 9.84 Å². The maximum atomic E-state index is 11.4. The van der Waals surface area contributed by atoms with E-state index >= 15 is 0 Å². The van der Waals surface area contributed by atoms with Crippen molar-refractivity contribution >= 4 is 15.4 Å². The quantitative estimate of drug-likeness (QED) is 0.807. The molecule has 2 rings (SSSR count). The van der Waals surface area contributed by atoms with E-state index in [2.05, 4.69) is 13.0 Å². The summed E-state index contributed by atoms with van der Waals surface area (Å²) in [5.74, 6) is 0.577. The zero-order valence-electron chi connectivity index (χ0n) is 10.3. The third-order valence-corrected chi connectivity index (χ3v) is 4.48. The van der Waals surface area contributed by atoms with Crippen LogP contribution < -0.4 is 0 Å². The van der Waals surface area contributed by atoms with Crippen LogP contribution in [0.3, 0.4) is 0 Å². The maximum absolute atomic E-state index is 11.4. The lowest BCUT2D eigenvalue weighted by Gasteiger charge is -2.20. The van der Waals surface area contributed by atoms with Gasteiger partial charge in [-0.1, -0.05) is 25.1 Å². The second kappa shape index (κ2) is 4.65. The van der Waals surface area contributed by atoms with E-state index in [0.717, 1.165) is 12.0 Å². The van der Waals surface area contributed by atoms with E-state index in [0.29, 0.717) is 10.8 Å². The molecule has 1 unspecified atom stereocenters. The highest BCUT2D eigenvalue weighted by Crippen LogP contribution is 2.32. The lowest BCUT2D eigenvalue weighted by atomic mass is 9.85. The first-order valence-electron chi connectivity index (χ1n) is 5.99. The predicted octanol–water partition coefficient (Wildman–Crippen LogP) is 3.29. The average molecular weight is 250 g/mol. The Morgan fingerprint density at radius 1 is 1.18 bits per heavy atom. The van der Waals surface area contributed by atoms with Crippen molar-refractivity contribution in [3.8, 4) is 0 Å². The van der Waals surface area contributed by atoms with Gasteiger partial charge < -0.3 is 0 Å². The van der Waals surface area contributed by atoms with Crippen LogP contribution in [0.1, 0.15) is 31.7 Å². The summed E-state index contributed by atoms with van der Waals surface area (Å²) >= 11 is 0. The van der Waals surface area contributed by atoms with Crippen molar-refractivity contribution in [2.24, 2.45) is 5.92 Å². The predicted molar refractivity (Wildman–Crippen MR) is 70.5 cm³/mol. The van der Waals surface area contributed by atoms with Gasteiger partial charge in [0, 0.05) is 6.26 Å². The zero-order valence-corrected chi connectivity index (χ0v) is 11.1. The normalized spacial score (nSPS) is 21.1. The Bertz CT molecular complexity index is 524. The van der Waals surface area contributed by atoms with Crippen LogP contribution in [-0.2, 0) is 9.84 Å². The van der Waals surface area contributed by atoms with E-state index in [9.17, 15) is 8.42 Å². The van der Waals surface area contributed by atoms with Gasteiger partial charge in [0.05, 0.1) is 4.90 Å². The van der Waals surface area contributed by atoms with E-state index in [1.54, 1.807) is 12.1 Å². The van der Waals surface area contributed by atoms with Gasteiger partial charge in [-0.2, -0.15) is 0 Å². The van der Waals surface area contributed by atoms with Gasteiger partial charge in [-0.3, -0.25) is 0 Å². The molecule has 1 aliphatic rings. The van der Waals surface area contributed by atoms with Crippen LogP contribution >= 0.6 is 0 Å². The summed E-state index contributed by atoms with van der Waals surface area (Å²) in [6.07, 6.45) is 7.13. The molecule has 0 heterocycles. The molecule has 0 fully saturated rings. The van der Waals surface area contributed by atoms with Gasteiger partial charge in [0.15, 0.2) is 9.84 Å². The van der Waals surface area contributed by atoms with Gasteiger partial charge in [-0.15, -0.1) is 0 Å². The second-order valence-electron chi connectivity index (χ2n) is 4.79. The number of hydrogen-bond acceptors (Lipinski definition) is 2. The summed E-state index contributed by atoms with van der Waals surface area (Å²) < 4.78 is 22.7. The minimum Gasteiger partial charge on any atom is -0.224 e. The maximum Gasteiger partial charge on any atom is 0.175 e. The molecule has 0 aliphatic heterocycles. The number of hydrogen-bond donors (Lipinski definition) is 0. The Labute approximate surface area is 103 Å². The molecule has 1 aromatic rings.